The molecule has 0 saturated heterocycles. The summed E-state index contributed by atoms with van der Waals surface area (Å²) in [6.45, 7) is 0. The van der Waals surface area contributed by atoms with Crippen LogP contribution in [-0.2, 0) is 0 Å². The summed E-state index contributed by atoms with van der Waals surface area (Å²) in [4.78, 5) is 14.2. The number of nitrogens with zero attached hydrogens (tertiary/aromatic N) is 4. The highest BCUT2D eigenvalue weighted by atomic mass is 16.3. The summed E-state index contributed by atoms with van der Waals surface area (Å²) in [6.07, 6.45) is 0. The number of hydrogen-bond donors (Lipinski definition) is 0. The number of fused-ring (bicyclic) bond motifs is 6. The van der Waals surface area contributed by atoms with E-state index < -0.39 is 125 Å². The van der Waals surface area contributed by atoms with E-state index >= 15 is 0 Å². The third-order valence-electron chi connectivity index (χ3n) is 9.48. The van der Waals surface area contributed by atoms with Gasteiger partial charge in [0.25, 0.3) is 0 Å². The average molecular weight is 733 g/mol. The van der Waals surface area contributed by atoms with E-state index in [0.717, 1.165) is 26.5 Å². The zero-order valence-electron chi connectivity index (χ0n) is 44.9. The molecule has 0 N–H and O–H groups in total. The van der Waals surface area contributed by atoms with Crippen molar-refractivity contribution in [2.45, 2.75) is 0 Å². The van der Waals surface area contributed by atoms with Crippen molar-refractivity contribution < 1.29 is 26.3 Å². The lowest BCUT2D eigenvalue weighted by atomic mass is 10.0. The Morgan fingerprint density at radius 3 is 1.77 bits per heavy atom. The van der Waals surface area contributed by atoms with E-state index in [2.05, 4.69) is 4.98 Å². The van der Waals surface area contributed by atoms with Crippen molar-refractivity contribution in [1.29, 1.82) is 0 Å². The van der Waals surface area contributed by atoms with E-state index in [1.807, 2.05) is 54.6 Å². The van der Waals surface area contributed by atoms with E-state index in [0.29, 0.717) is 22.3 Å². The molecule has 0 unspecified atom stereocenters. The second kappa shape index (κ2) is 13.0. The molecule has 0 fully saturated rings. The van der Waals surface area contributed by atoms with Gasteiger partial charge in [0.1, 0.15) is 11.2 Å². The maximum absolute atomic E-state index is 9.62. The number of rotatable bonds is 6. The highest BCUT2D eigenvalue weighted by Crippen LogP contribution is 2.38. The van der Waals surface area contributed by atoms with Crippen LogP contribution >= 0.6 is 0 Å². The van der Waals surface area contributed by atoms with Gasteiger partial charge in [-0.05, 0) is 53.0 Å². The molecule has 56 heavy (non-hydrogen) atoms. The first-order valence-electron chi connectivity index (χ1n) is 25.5. The van der Waals surface area contributed by atoms with Crippen LogP contribution in [0, 0.1) is 0 Å². The lowest BCUT2D eigenvalue weighted by Gasteiger charge is -2.11. The topological polar surface area (TPSA) is 56.7 Å². The number of furan rings is 1. The summed E-state index contributed by atoms with van der Waals surface area (Å²) in [5, 5.41) is 0.984. The van der Waals surface area contributed by atoms with Crippen molar-refractivity contribution in [2.24, 2.45) is 0 Å². The second-order valence-electron chi connectivity index (χ2n) is 12.8. The van der Waals surface area contributed by atoms with Gasteiger partial charge in [0.2, 0.25) is 0 Å². The molecule has 0 bridgehead atoms. The van der Waals surface area contributed by atoms with Crippen LogP contribution in [0.15, 0.2) is 198 Å². The minimum absolute atomic E-state index is 0.101. The number of para-hydroxylation sites is 3. The number of hydrogen-bond acceptors (Lipinski definition) is 4. The Balaban J connectivity index is 1.14. The lowest BCUT2D eigenvalue weighted by Crippen LogP contribution is -2.00. The molecule has 5 heteroatoms. The van der Waals surface area contributed by atoms with Gasteiger partial charge in [-0.2, -0.15) is 0 Å². The minimum Gasteiger partial charge on any atom is -0.455 e. The molecule has 0 amide bonds. The van der Waals surface area contributed by atoms with Crippen molar-refractivity contribution in [1.82, 2.24) is 19.5 Å². The van der Waals surface area contributed by atoms with E-state index in [4.69, 9.17) is 29.5 Å². The van der Waals surface area contributed by atoms with Gasteiger partial charge in [0, 0.05) is 49.5 Å². The highest BCUT2D eigenvalue weighted by Gasteiger charge is 2.17. The fourth-order valence-corrected chi connectivity index (χ4v) is 6.88. The summed E-state index contributed by atoms with van der Waals surface area (Å²) >= 11 is 0. The molecular formula is C51H32N4O. The summed E-state index contributed by atoms with van der Waals surface area (Å²) in [5.41, 5.74) is 0.803. The molecule has 0 spiro atoms. The Kier molecular flexibility index (Phi) is 4.57. The van der Waals surface area contributed by atoms with E-state index in [9.17, 15) is 6.85 Å². The van der Waals surface area contributed by atoms with Crippen molar-refractivity contribution in [2.75, 3.05) is 0 Å². The van der Waals surface area contributed by atoms with Crippen LogP contribution in [0.4, 0.5) is 0 Å². The monoisotopic (exact) mass is 732 g/mol. The molecule has 11 rings (SSSR count). The average Bonchev–Trinajstić information content (AvgIpc) is 3.95. The lowest BCUT2D eigenvalue weighted by molar-refractivity contribution is 0.670. The van der Waals surface area contributed by atoms with Gasteiger partial charge in [0.05, 0.1) is 33.0 Å². The van der Waals surface area contributed by atoms with Crippen molar-refractivity contribution in [3.63, 3.8) is 0 Å². The van der Waals surface area contributed by atoms with Crippen LogP contribution in [0.2, 0.25) is 0 Å². The Bertz CT molecular complexity index is 4070. The second-order valence-corrected chi connectivity index (χ2v) is 12.8. The maximum Gasteiger partial charge on any atom is 0.164 e. The Morgan fingerprint density at radius 2 is 1.05 bits per heavy atom. The van der Waals surface area contributed by atoms with Gasteiger partial charge >= 0.3 is 0 Å². The Labute approximate surface area is 345 Å². The number of aromatic nitrogens is 4. The maximum atomic E-state index is 9.62. The molecule has 0 aliphatic rings. The van der Waals surface area contributed by atoms with Gasteiger partial charge in [-0.3, -0.25) is 0 Å². The first-order valence-corrected chi connectivity index (χ1v) is 17.5. The predicted molar refractivity (Wildman–Crippen MR) is 229 cm³/mol. The Morgan fingerprint density at radius 1 is 0.429 bits per heavy atom. The molecule has 5 nitrogen and oxygen atoms in total. The molecular weight excluding hydrogens is 685 g/mol. The molecule has 0 atom stereocenters. The highest BCUT2D eigenvalue weighted by molar-refractivity contribution is 6.11. The van der Waals surface area contributed by atoms with Crippen molar-refractivity contribution in [3.8, 4) is 62.1 Å². The standard InChI is InChI=1S/C51H32N4O/c1-3-13-34(14-4-1)40-21-12-22-44-43-30-29-38(32-47(43)56-48(40)44)51-53-49(35-15-5-2-6-16-35)52-50(54-51)36-27-25-33(26-28-36)37-17-11-18-39(31-37)55-45-23-9-7-19-41(45)42-20-8-10-24-46(42)55/h1-32H/i7D,8D,9D,10D,11D,17D,18D,19D,20D,23D,24D,25D,26D,27D,28D,31D. The van der Waals surface area contributed by atoms with Crippen LogP contribution < -0.4 is 0 Å². The van der Waals surface area contributed by atoms with E-state index in [-0.39, 0.29) is 33.8 Å². The SMILES string of the molecule is [2H]c1c([2H])c(-c2c([2H])c([2H])c(-c3nc(-c4ccccc4)nc(-c4ccc5c(c4)oc4c(-c6ccccc6)cccc45)n3)c([2H])c2[2H])c([2H])c(-n2c3c([2H])c([2H])c([2H])c([2H])c3c3c([2H])c([2H])c([2H])c([2H])c32)c1[2H]. The molecule has 0 saturated carbocycles. The van der Waals surface area contributed by atoms with Crippen LogP contribution in [-0.4, -0.2) is 19.5 Å². The van der Waals surface area contributed by atoms with E-state index in [1.165, 1.54) is 0 Å². The summed E-state index contributed by atoms with van der Waals surface area (Å²) < 4.78 is 151. The van der Waals surface area contributed by atoms with Crippen LogP contribution in [0.3, 0.4) is 0 Å². The van der Waals surface area contributed by atoms with Gasteiger partial charge in [-0.15, -0.1) is 0 Å². The predicted octanol–water partition coefficient (Wildman–Crippen LogP) is 13.2. The molecule has 0 aliphatic heterocycles. The fraction of sp³-hybridized carbons (Fsp3) is 0. The molecule has 3 heterocycles. The van der Waals surface area contributed by atoms with Gasteiger partial charge in [-0.1, -0.05) is 157 Å². The molecule has 8 aromatic carbocycles. The summed E-state index contributed by atoms with van der Waals surface area (Å²) in [6, 6.07) is 17.7. The van der Waals surface area contributed by atoms with Crippen LogP contribution in [0.5, 0.6) is 0 Å². The quantitative estimate of drug-likeness (QED) is 0.171. The summed E-state index contributed by atoms with van der Waals surface area (Å²) in [5.74, 6) is -0.0253. The third kappa shape index (κ3) is 5.37. The smallest absolute Gasteiger partial charge is 0.164 e. The molecule has 3 aromatic heterocycles. The normalized spacial score (nSPS) is 15.6. The zero-order chi connectivity index (χ0) is 50.9. The fourth-order valence-electron chi connectivity index (χ4n) is 6.88. The van der Waals surface area contributed by atoms with Gasteiger partial charge in [-0.25, -0.2) is 15.0 Å². The third-order valence-corrected chi connectivity index (χ3v) is 9.48. The van der Waals surface area contributed by atoms with Gasteiger partial charge in [0.15, 0.2) is 17.5 Å². The molecule has 0 radical (unpaired) electrons. The minimum atomic E-state index is -0.888. The van der Waals surface area contributed by atoms with Crippen molar-refractivity contribution >= 4 is 43.7 Å². The Hall–Kier alpha value is -7.63. The number of benzene rings is 8. The molecule has 0 aliphatic carbocycles. The first-order chi connectivity index (χ1) is 34.4. The van der Waals surface area contributed by atoms with Crippen molar-refractivity contribution in [3.05, 3.63) is 194 Å². The largest absolute Gasteiger partial charge is 0.455 e. The first kappa shape index (κ1) is 19.6. The van der Waals surface area contributed by atoms with E-state index in [1.54, 1.807) is 42.5 Å². The van der Waals surface area contributed by atoms with Crippen LogP contribution in [0.1, 0.15) is 21.9 Å². The van der Waals surface area contributed by atoms with Crippen LogP contribution in [0.25, 0.3) is 106 Å². The summed E-state index contributed by atoms with van der Waals surface area (Å²) in [7, 11) is 0. The molecule has 11 aromatic rings. The van der Waals surface area contributed by atoms with Gasteiger partial charge < -0.3 is 8.98 Å². The molecule has 262 valence electrons. The zero-order valence-corrected chi connectivity index (χ0v) is 28.9.